The molecule has 0 N–H and O–H groups in total. The predicted octanol–water partition coefficient (Wildman–Crippen LogP) is 7.97. The second-order valence-corrected chi connectivity index (χ2v) is 10.1. The van der Waals surface area contributed by atoms with Gasteiger partial charge in [0.2, 0.25) is 0 Å². The van der Waals surface area contributed by atoms with Crippen LogP contribution in [0.15, 0.2) is 83.8 Å². The number of carbonyl (C=O) groups excluding carboxylic acids is 2. The highest BCUT2D eigenvalue weighted by Gasteiger charge is 2.35. The summed E-state index contributed by atoms with van der Waals surface area (Å²) in [5.74, 6) is 0.586. The van der Waals surface area contributed by atoms with E-state index in [-0.39, 0.29) is 24.3 Å². The normalized spacial score (nSPS) is 14.6. The number of fused-ring (bicyclic) bond motifs is 1. The number of para-hydroxylation sites is 1. The molecule has 8 heteroatoms. The highest BCUT2D eigenvalue weighted by Crippen LogP contribution is 2.39. The lowest BCUT2D eigenvalue weighted by atomic mass is 10.0. The van der Waals surface area contributed by atoms with E-state index in [1.165, 1.54) is 4.90 Å². The molecule has 5 rings (SSSR count). The molecule has 1 heterocycles. The van der Waals surface area contributed by atoms with Crippen molar-refractivity contribution >= 4 is 63.0 Å². The minimum atomic E-state index is -0.350. The van der Waals surface area contributed by atoms with Gasteiger partial charge in [-0.2, -0.15) is 0 Å². The van der Waals surface area contributed by atoms with E-state index in [1.807, 2.05) is 42.5 Å². The molecule has 4 aromatic carbocycles. The number of halogens is 2. The van der Waals surface area contributed by atoms with E-state index in [2.05, 4.69) is 0 Å². The SMILES string of the molecule is COc1cccc(/C=C2/SC(=O)N(Cc3cccc4ccccc34)C2=O)c1OCc1ccc(Cl)cc1Cl. The average Bonchev–Trinajstić information content (AvgIpc) is 3.16. The van der Waals surface area contributed by atoms with Crippen molar-refractivity contribution < 1.29 is 19.1 Å². The van der Waals surface area contributed by atoms with Crippen molar-refractivity contribution in [3.05, 3.63) is 111 Å². The highest BCUT2D eigenvalue weighted by molar-refractivity contribution is 8.18. The summed E-state index contributed by atoms with van der Waals surface area (Å²) in [5.41, 5.74) is 2.27. The van der Waals surface area contributed by atoms with Crippen molar-refractivity contribution in [1.29, 1.82) is 0 Å². The third kappa shape index (κ3) is 5.32. The van der Waals surface area contributed by atoms with Gasteiger partial charge in [-0.05, 0) is 52.4 Å². The van der Waals surface area contributed by atoms with Gasteiger partial charge in [-0.1, -0.05) is 83.9 Å². The van der Waals surface area contributed by atoms with Crippen LogP contribution in [0.5, 0.6) is 11.5 Å². The second kappa shape index (κ2) is 10.9. The summed E-state index contributed by atoms with van der Waals surface area (Å²) in [6.45, 7) is 0.361. The number of amides is 2. The highest BCUT2D eigenvalue weighted by atomic mass is 35.5. The number of benzene rings is 4. The Morgan fingerprint density at radius 3 is 2.51 bits per heavy atom. The van der Waals surface area contributed by atoms with Gasteiger partial charge in [-0.15, -0.1) is 0 Å². The zero-order valence-electron chi connectivity index (χ0n) is 19.7. The molecule has 0 spiro atoms. The summed E-state index contributed by atoms with van der Waals surface area (Å²) in [6, 6.07) is 24.3. The van der Waals surface area contributed by atoms with Gasteiger partial charge in [0.1, 0.15) is 6.61 Å². The minimum Gasteiger partial charge on any atom is -0.493 e. The zero-order chi connectivity index (χ0) is 25.9. The lowest BCUT2D eigenvalue weighted by Gasteiger charge is -2.15. The van der Waals surface area contributed by atoms with Crippen molar-refractivity contribution in [3.8, 4) is 11.5 Å². The van der Waals surface area contributed by atoms with Crippen molar-refractivity contribution in [2.75, 3.05) is 7.11 Å². The second-order valence-electron chi connectivity index (χ2n) is 8.31. The lowest BCUT2D eigenvalue weighted by molar-refractivity contribution is -0.123. The molecule has 1 aliphatic rings. The molecule has 0 aliphatic carbocycles. The van der Waals surface area contributed by atoms with Crippen LogP contribution in [0.4, 0.5) is 4.79 Å². The standard InChI is InChI=1S/C29H21Cl2NO4S/c1-35-25-11-5-8-19(27(25)36-17-21-12-13-22(30)15-24(21)31)14-26-28(33)32(29(34)37-26)16-20-9-4-7-18-6-2-3-10-23(18)20/h2-15H,16-17H2,1H3/b26-14+. The van der Waals surface area contributed by atoms with Gasteiger partial charge >= 0.3 is 0 Å². The Bertz CT molecular complexity index is 1550. The molecule has 1 aliphatic heterocycles. The Morgan fingerprint density at radius 1 is 0.919 bits per heavy atom. The van der Waals surface area contributed by atoms with E-state index >= 15 is 0 Å². The van der Waals surface area contributed by atoms with Crippen molar-refractivity contribution in [1.82, 2.24) is 4.90 Å². The van der Waals surface area contributed by atoms with Crippen LogP contribution in [0.2, 0.25) is 10.0 Å². The molecule has 4 aromatic rings. The number of nitrogens with zero attached hydrogens (tertiary/aromatic N) is 1. The number of rotatable bonds is 7. The molecular weight excluding hydrogens is 529 g/mol. The third-order valence-electron chi connectivity index (χ3n) is 5.98. The average molecular weight is 550 g/mol. The quantitative estimate of drug-likeness (QED) is 0.219. The predicted molar refractivity (Wildman–Crippen MR) is 149 cm³/mol. The van der Waals surface area contributed by atoms with Crippen LogP contribution in [-0.4, -0.2) is 23.2 Å². The number of thioether (sulfide) groups is 1. The maximum atomic E-state index is 13.3. The Balaban J connectivity index is 1.42. The fraction of sp³-hybridized carbons (Fsp3) is 0.103. The Morgan fingerprint density at radius 2 is 1.70 bits per heavy atom. The molecule has 0 radical (unpaired) electrons. The van der Waals surface area contributed by atoms with Gasteiger partial charge in [0.15, 0.2) is 11.5 Å². The molecule has 5 nitrogen and oxygen atoms in total. The number of methoxy groups -OCH3 is 1. The monoisotopic (exact) mass is 549 g/mol. The largest absolute Gasteiger partial charge is 0.493 e. The van der Waals surface area contributed by atoms with Crippen LogP contribution in [0.25, 0.3) is 16.8 Å². The summed E-state index contributed by atoms with van der Waals surface area (Å²) >= 11 is 13.2. The number of carbonyl (C=O) groups is 2. The first kappa shape index (κ1) is 25.2. The van der Waals surface area contributed by atoms with E-state index in [9.17, 15) is 9.59 Å². The number of hydrogen-bond donors (Lipinski definition) is 0. The van der Waals surface area contributed by atoms with Crippen molar-refractivity contribution in [2.45, 2.75) is 13.2 Å². The van der Waals surface area contributed by atoms with Crippen LogP contribution >= 0.6 is 35.0 Å². The maximum absolute atomic E-state index is 13.3. The van der Waals surface area contributed by atoms with Gasteiger partial charge in [0.25, 0.3) is 11.1 Å². The molecule has 1 saturated heterocycles. The van der Waals surface area contributed by atoms with Crippen molar-refractivity contribution in [2.24, 2.45) is 0 Å². The van der Waals surface area contributed by atoms with Crippen LogP contribution in [-0.2, 0) is 17.9 Å². The Kier molecular flexibility index (Phi) is 7.42. The van der Waals surface area contributed by atoms with Gasteiger partial charge in [0, 0.05) is 21.2 Å². The van der Waals surface area contributed by atoms with Gasteiger partial charge < -0.3 is 9.47 Å². The van der Waals surface area contributed by atoms with E-state index in [4.69, 9.17) is 32.7 Å². The van der Waals surface area contributed by atoms with E-state index in [0.717, 1.165) is 33.7 Å². The summed E-state index contributed by atoms with van der Waals surface area (Å²) in [5, 5.41) is 2.77. The molecule has 0 unspecified atom stereocenters. The van der Waals surface area contributed by atoms with Crippen LogP contribution in [0.3, 0.4) is 0 Å². The number of imide groups is 1. The first-order chi connectivity index (χ1) is 17.9. The smallest absolute Gasteiger partial charge is 0.293 e. The van der Waals surface area contributed by atoms with E-state index in [0.29, 0.717) is 32.0 Å². The fourth-order valence-electron chi connectivity index (χ4n) is 4.13. The first-order valence-corrected chi connectivity index (χ1v) is 13.0. The zero-order valence-corrected chi connectivity index (χ0v) is 22.1. The van der Waals surface area contributed by atoms with Crippen LogP contribution in [0, 0.1) is 0 Å². The van der Waals surface area contributed by atoms with Gasteiger partial charge in [-0.25, -0.2) is 0 Å². The summed E-state index contributed by atoms with van der Waals surface area (Å²) in [6.07, 6.45) is 1.66. The van der Waals surface area contributed by atoms with E-state index < -0.39 is 0 Å². The van der Waals surface area contributed by atoms with E-state index in [1.54, 1.807) is 49.6 Å². The maximum Gasteiger partial charge on any atom is 0.293 e. The molecular formula is C29H21Cl2NO4S. The summed E-state index contributed by atoms with van der Waals surface area (Å²) in [4.78, 5) is 27.7. The minimum absolute atomic E-state index is 0.166. The molecule has 0 saturated carbocycles. The lowest BCUT2D eigenvalue weighted by Crippen LogP contribution is -2.27. The first-order valence-electron chi connectivity index (χ1n) is 11.4. The Hall–Kier alpha value is -3.45. The van der Waals surface area contributed by atoms with Gasteiger partial charge in [-0.3, -0.25) is 14.5 Å². The van der Waals surface area contributed by atoms with Crippen LogP contribution < -0.4 is 9.47 Å². The molecule has 37 heavy (non-hydrogen) atoms. The summed E-state index contributed by atoms with van der Waals surface area (Å²) in [7, 11) is 1.54. The third-order valence-corrected chi connectivity index (χ3v) is 7.48. The van der Waals surface area contributed by atoms with Crippen LogP contribution in [0.1, 0.15) is 16.7 Å². The topological polar surface area (TPSA) is 55.8 Å². The molecule has 2 amide bonds. The molecule has 186 valence electrons. The number of ether oxygens (including phenoxy) is 2. The molecule has 0 atom stereocenters. The Labute approximate surface area is 228 Å². The molecule has 0 bridgehead atoms. The fourth-order valence-corrected chi connectivity index (χ4v) is 5.42. The number of hydrogen-bond acceptors (Lipinski definition) is 5. The summed E-state index contributed by atoms with van der Waals surface area (Å²) < 4.78 is 11.6. The molecule has 0 aromatic heterocycles. The van der Waals surface area contributed by atoms with Crippen molar-refractivity contribution in [3.63, 3.8) is 0 Å². The van der Waals surface area contributed by atoms with Gasteiger partial charge in [0.05, 0.1) is 18.6 Å². The molecule has 1 fully saturated rings.